The van der Waals surface area contributed by atoms with Gasteiger partial charge in [-0.05, 0) is 37.6 Å². The largest absolute Gasteiger partial charge is 0.306 e. The second kappa shape index (κ2) is 5.54. The van der Waals surface area contributed by atoms with Gasteiger partial charge in [-0.2, -0.15) is 0 Å². The van der Waals surface area contributed by atoms with Gasteiger partial charge < -0.3 is 4.57 Å². The highest BCUT2D eigenvalue weighted by Gasteiger charge is 2.16. The molecule has 3 nitrogen and oxygen atoms in total. The van der Waals surface area contributed by atoms with E-state index in [1.54, 1.807) is 6.20 Å². The van der Waals surface area contributed by atoms with Crippen molar-refractivity contribution in [3.05, 3.63) is 46.0 Å². The Labute approximate surface area is 127 Å². The third-order valence-electron chi connectivity index (χ3n) is 3.27. The lowest BCUT2D eigenvalue weighted by Gasteiger charge is -2.08. The Morgan fingerprint density at radius 3 is 2.80 bits per heavy atom. The summed E-state index contributed by atoms with van der Waals surface area (Å²) in [7, 11) is 0. The van der Waals surface area contributed by atoms with Gasteiger partial charge in [0.05, 0.1) is 11.9 Å². The molecule has 5 heteroatoms. The molecule has 3 heterocycles. The summed E-state index contributed by atoms with van der Waals surface area (Å²) in [6.07, 6.45) is 2.88. The van der Waals surface area contributed by atoms with Gasteiger partial charge in [0.15, 0.2) is 5.65 Å². The third kappa shape index (κ3) is 2.45. The van der Waals surface area contributed by atoms with Crippen molar-refractivity contribution in [2.75, 3.05) is 0 Å². The van der Waals surface area contributed by atoms with E-state index in [0.29, 0.717) is 0 Å². The molecule has 0 fully saturated rings. The summed E-state index contributed by atoms with van der Waals surface area (Å²) in [6.45, 7) is 4.91. The number of rotatable bonds is 4. The van der Waals surface area contributed by atoms with Crippen molar-refractivity contribution in [1.29, 1.82) is 0 Å². The lowest BCUT2D eigenvalue weighted by atomic mass is 10.3. The molecular weight excluding hydrogens is 290 g/mol. The normalized spacial score (nSPS) is 12.9. The van der Waals surface area contributed by atoms with Crippen LogP contribution in [0.15, 0.2) is 30.5 Å². The van der Waals surface area contributed by atoms with Crippen LogP contribution in [0.2, 0.25) is 0 Å². The number of nitrogens with zero attached hydrogens (tertiary/aromatic N) is 3. The molecule has 3 aromatic heterocycles. The van der Waals surface area contributed by atoms with E-state index in [1.807, 2.05) is 30.4 Å². The Hall–Kier alpha value is -1.39. The number of pyridine rings is 1. The van der Waals surface area contributed by atoms with Crippen LogP contribution in [0.1, 0.15) is 34.8 Å². The van der Waals surface area contributed by atoms with E-state index in [4.69, 9.17) is 11.6 Å². The molecule has 0 aliphatic carbocycles. The fourth-order valence-electron chi connectivity index (χ4n) is 2.29. The summed E-state index contributed by atoms with van der Waals surface area (Å²) in [5.41, 5.74) is 1.81. The first-order valence-electron chi connectivity index (χ1n) is 6.72. The molecule has 0 spiro atoms. The van der Waals surface area contributed by atoms with E-state index in [0.717, 1.165) is 30.0 Å². The van der Waals surface area contributed by atoms with Gasteiger partial charge in [0.1, 0.15) is 11.3 Å². The zero-order chi connectivity index (χ0) is 14.1. The standard InChI is InChI=1S/C15H16ClN3S/c1-3-11-6-7-12(20-11)9-19-14(10(2)16)18-13-5-4-8-17-15(13)19/h4-8,10H,3,9H2,1-2H3. The molecule has 104 valence electrons. The lowest BCUT2D eigenvalue weighted by Crippen LogP contribution is -2.05. The minimum Gasteiger partial charge on any atom is -0.306 e. The molecule has 0 aliphatic heterocycles. The van der Waals surface area contributed by atoms with Crippen LogP contribution in [-0.2, 0) is 13.0 Å². The van der Waals surface area contributed by atoms with Crippen molar-refractivity contribution in [3.63, 3.8) is 0 Å². The number of fused-ring (bicyclic) bond motifs is 1. The number of hydrogen-bond acceptors (Lipinski definition) is 3. The first kappa shape index (κ1) is 13.6. The van der Waals surface area contributed by atoms with Crippen LogP contribution < -0.4 is 0 Å². The number of aryl methyl sites for hydroxylation is 1. The van der Waals surface area contributed by atoms with Gasteiger partial charge >= 0.3 is 0 Å². The third-order valence-corrected chi connectivity index (χ3v) is 4.68. The first-order chi connectivity index (χ1) is 9.69. The number of imidazole rings is 1. The van der Waals surface area contributed by atoms with Gasteiger partial charge in [0.25, 0.3) is 0 Å². The fourth-order valence-corrected chi connectivity index (χ4v) is 3.40. The Balaban J connectivity index is 2.06. The summed E-state index contributed by atoms with van der Waals surface area (Å²) in [6, 6.07) is 8.26. The smallest absolute Gasteiger partial charge is 0.160 e. The van der Waals surface area contributed by atoms with Crippen LogP contribution in [0, 0.1) is 0 Å². The van der Waals surface area contributed by atoms with Crippen LogP contribution in [0.4, 0.5) is 0 Å². The summed E-state index contributed by atoms with van der Waals surface area (Å²) < 4.78 is 2.12. The molecular formula is C15H16ClN3S. The number of thiophene rings is 1. The van der Waals surface area contributed by atoms with Crippen molar-refractivity contribution >= 4 is 34.1 Å². The van der Waals surface area contributed by atoms with Crippen molar-refractivity contribution in [2.24, 2.45) is 0 Å². The van der Waals surface area contributed by atoms with E-state index in [9.17, 15) is 0 Å². The Bertz CT molecular complexity index is 730. The van der Waals surface area contributed by atoms with Gasteiger partial charge in [-0.1, -0.05) is 6.92 Å². The molecule has 0 N–H and O–H groups in total. The molecule has 0 saturated heterocycles. The SMILES string of the molecule is CCc1ccc(Cn2c(C(C)Cl)nc3cccnc32)s1. The molecule has 1 atom stereocenters. The molecule has 0 saturated carbocycles. The van der Waals surface area contributed by atoms with Gasteiger partial charge in [-0.15, -0.1) is 22.9 Å². The number of halogens is 1. The highest BCUT2D eigenvalue weighted by Crippen LogP contribution is 2.26. The zero-order valence-corrected chi connectivity index (χ0v) is 13.1. The molecule has 0 aliphatic rings. The van der Waals surface area contributed by atoms with Crippen LogP contribution in [0.5, 0.6) is 0 Å². The van der Waals surface area contributed by atoms with E-state index >= 15 is 0 Å². The molecule has 1 unspecified atom stereocenters. The van der Waals surface area contributed by atoms with Gasteiger partial charge in [0.2, 0.25) is 0 Å². The summed E-state index contributed by atoms with van der Waals surface area (Å²) in [5, 5.41) is -0.130. The fraction of sp³-hybridized carbons (Fsp3) is 0.333. The maximum Gasteiger partial charge on any atom is 0.160 e. The molecule has 0 aromatic carbocycles. The van der Waals surface area contributed by atoms with Gasteiger partial charge in [0, 0.05) is 16.0 Å². The van der Waals surface area contributed by atoms with Crippen molar-refractivity contribution in [1.82, 2.24) is 14.5 Å². The number of alkyl halides is 1. The highest BCUT2D eigenvalue weighted by molar-refractivity contribution is 7.11. The maximum absolute atomic E-state index is 6.27. The van der Waals surface area contributed by atoms with E-state index < -0.39 is 0 Å². The second-order valence-electron chi connectivity index (χ2n) is 4.74. The predicted octanol–water partition coefficient (Wildman–Crippen LogP) is 4.40. The van der Waals surface area contributed by atoms with Gasteiger partial charge in [-0.25, -0.2) is 9.97 Å². The molecule has 3 aromatic rings. The predicted molar refractivity (Wildman–Crippen MR) is 84.6 cm³/mol. The quantitative estimate of drug-likeness (QED) is 0.669. The van der Waals surface area contributed by atoms with Crippen LogP contribution in [0.25, 0.3) is 11.2 Å². The molecule has 20 heavy (non-hydrogen) atoms. The van der Waals surface area contributed by atoms with E-state index in [1.165, 1.54) is 9.75 Å². The van der Waals surface area contributed by atoms with Gasteiger partial charge in [-0.3, -0.25) is 0 Å². The van der Waals surface area contributed by atoms with Crippen molar-refractivity contribution < 1.29 is 0 Å². The Morgan fingerprint density at radius 2 is 2.10 bits per heavy atom. The minimum absolute atomic E-state index is 0.130. The summed E-state index contributed by atoms with van der Waals surface area (Å²) >= 11 is 8.11. The molecule has 0 bridgehead atoms. The van der Waals surface area contributed by atoms with Crippen LogP contribution in [-0.4, -0.2) is 14.5 Å². The first-order valence-corrected chi connectivity index (χ1v) is 7.97. The maximum atomic E-state index is 6.27. The topological polar surface area (TPSA) is 30.7 Å². The van der Waals surface area contributed by atoms with Crippen molar-refractivity contribution in [3.8, 4) is 0 Å². The minimum atomic E-state index is -0.130. The highest BCUT2D eigenvalue weighted by atomic mass is 35.5. The van der Waals surface area contributed by atoms with Crippen molar-refractivity contribution in [2.45, 2.75) is 32.2 Å². The number of aromatic nitrogens is 3. The van der Waals surface area contributed by atoms with Crippen LogP contribution >= 0.6 is 22.9 Å². The number of hydrogen-bond donors (Lipinski definition) is 0. The zero-order valence-electron chi connectivity index (χ0n) is 11.5. The summed E-state index contributed by atoms with van der Waals surface area (Å²) in [5.74, 6) is 0.881. The van der Waals surface area contributed by atoms with E-state index in [-0.39, 0.29) is 5.38 Å². The Morgan fingerprint density at radius 1 is 1.30 bits per heavy atom. The molecule has 0 radical (unpaired) electrons. The van der Waals surface area contributed by atoms with Crippen LogP contribution in [0.3, 0.4) is 0 Å². The summed E-state index contributed by atoms with van der Waals surface area (Å²) in [4.78, 5) is 11.8. The average Bonchev–Trinajstić information content (AvgIpc) is 3.04. The molecule has 0 amide bonds. The second-order valence-corrected chi connectivity index (χ2v) is 6.65. The van der Waals surface area contributed by atoms with E-state index in [2.05, 4.69) is 33.6 Å². The average molecular weight is 306 g/mol. The Kier molecular flexibility index (Phi) is 3.76. The lowest BCUT2D eigenvalue weighted by molar-refractivity contribution is 0.744. The monoisotopic (exact) mass is 305 g/mol. The molecule has 3 rings (SSSR count).